The summed E-state index contributed by atoms with van der Waals surface area (Å²) in [5.74, 6) is 0.839. The smallest absolute Gasteiger partial charge is 0.221 e. The summed E-state index contributed by atoms with van der Waals surface area (Å²) in [6.45, 7) is 0.938. The van der Waals surface area contributed by atoms with Crippen LogP contribution in [-0.4, -0.2) is 19.6 Å². The molecule has 0 bridgehead atoms. The van der Waals surface area contributed by atoms with Crippen LogP contribution in [-0.2, 0) is 11.3 Å². The number of benzene rings is 1. The molecule has 2 rings (SSSR count). The van der Waals surface area contributed by atoms with Crippen LogP contribution in [0.15, 0.2) is 36.4 Å². The maximum atomic E-state index is 11.4. The Bertz CT molecular complexity index is 564. The van der Waals surface area contributed by atoms with Crippen LogP contribution in [0.3, 0.4) is 0 Å². The summed E-state index contributed by atoms with van der Waals surface area (Å²) in [5.41, 5.74) is 6.48. The zero-order valence-electron chi connectivity index (χ0n) is 11.4. The fraction of sp³-hybridized carbons (Fsp3) is 0.267. The number of rotatable bonds is 6. The predicted molar refractivity (Wildman–Crippen MR) is 81.8 cm³/mol. The first-order valence-corrected chi connectivity index (χ1v) is 7.24. The summed E-state index contributed by atoms with van der Waals surface area (Å²) in [7, 11) is 1.66. The number of amides is 1. The molecule has 0 atom stereocenters. The molecule has 1 amide bonds. The topological polar surface area (TPSA) is 64.3 Å². The van der Waals surface area contributed by atoms with Gasteiger partial charge in [0.05, 0.1) is 13.7 Å². The Morgan fingerprint density at radius 2 is 2.00 bits per heavy atom. The number of carbonyl (C=O) groups excluding carboxylic acids is 1. The number of ether oxygens (including phenoxy) is 1. The number of nitrogens with one attached hydrogen (secondary N) is 1. The third kappa shape index (κ3) is 3.82. The molecule has 2 aromatic rings. The first-order chi connectivity index (χ1) is 9.72. The van der Waals surface area contributed by atoms with Crippen molar-refractivity contribution in [1.29, 1.82) is 0 Å². The van der Waals surface area contributed by atoms with Gasteiger partial charge in [-0.05, 0) is 42.0 Å². The third-order valence-electron chi connectivity index (χ3n) is 2.87. The van der Waals surface area contributed by atoms with Crippen LogP contribution in [0.5, 0.6) is 5.75 Å². The van der Waals surface area contributed by atoms with E-state index in [0.29, 0.717) is 19.5 Å². The van der Waals surface area contributed by atoms with Gasteiger partial charge in [-0.15, -0.1) is 11.3 Å². The van der Waals surface area contributed by atoms with E-state index in [1.54, 1.807) is 18.4 Å². The zero-order chi connectivity index (χ0) is 14.4. The van der Waals surface area contributed by atoms with Crippen molar-refractivity contribution in [2.24, 2.45) is 5.73 Å². The molecule has 4 nitrogen and oxygen atoms in total. The zero-order valence-corrected chi connectivity index (χ0v) is 12.2. The largest absolute Gasteiger partial charge is 0.497 e. The van der Waals surface area contributed by atoms with Crippen LogP contribution in [0.4, 0.5) is 0 Å². The molecule has 0 saturated carbocycles. The minimum absolute atomic E-state index is 0.00750. The molecule has 0 aliphatic heterocycles. The third-order valence-corrected chi connectivity index (χ3v) is 4.00. The van der Waals surface area contributed by atoms with Crippen LogP contribution in [0, 0.1) is 0 Å². The molecule has 3 N–H and O–H groups in total. The summed E-state index contributed by atoms with van der Waals surface area (Å²) < 4.78 is 5.14. The van der Waals surface area contributed by atoms with Crippen LogP contribution in [0.2, 0.25) is 0 Å². The average molecular weight is 290 g/mol. The van der Waals surface area contributed by atoms with E-state index in [9.17, 15) is 4.79 Å². The van der Waals surface area contributed by atoms with Crippen LogP contribution >= 0.6 is 11.3 Å². The Labute approximate surface area is 122 Å². The number of hydrogen-bond donors (Lipinski definition) is 2. The van der Waals surface area contributed by atoms with Gasteiger partial charge in [0, 0.05) is 22.7 Å². The number of thiophene rings is 1. The molecule has 0 radical (unpaired) electrons. The summed E-state index contributed by atoms with van der Waals surface area (Å²) in [6.07, 6.45) is 0.372. The number of methoxy groups -OCH3 is 1. The lowest BCUT2D eigenvalue weighted by Gasteiger charge is -2.02. The molecule has 1 aromatic carbocycles. The van der Waals surface area contributed by atoms with Crippen LogP contribution in [0.1, 0.15) is 11.3 Å². The van der Waals surface area contributed by atoms with E-state index in [0.717, 1.165) is 16.2 Å². The summed E-state index contributed by atoms with van der Waals surface area (Å²) in [6, 6.07) is 12.0. The highest BCUT2D eigenvalue weighted by atomic mass is 32.1. The van der Waals surface area contributed by atoms with Crippen molar-refractivity contribution in [1.82, 2.24) is 5.32 Å². The second-order valence-corrected chi connectivity index (χ2v) is 5.48. The normalized spacial score (nSPS) is 10.3. The van der Waals surface area contributed by atoms with Gasteiger partial charge in [0.15, 0.2) is 0 Å². The van der Waals surface area contributed by atoms with Gasteiger partial charge in [-0.25, -0.2) is 0 Å². The van der Waals surface area contributed by atoms with E-state index in [1.165, 1.54) is 4.88 Å². The van der Waals surface area contributed by atoms with Gasteiger partial charge in [0.2, 0.25) is 5.91 Å². The van der Waals surface area contributed by atoms with Gasteiger partial charge in [-0.2, -0.15) is 0 Å². The van der Waals surface area contributed by atoms with Gasteiger partial charge in [0.1, 0.15) is 5.75 Å². The first-order valence-electron chi connectivity index (χ1n) is 6.43. The highest BCUT2D eigenvalue weighted by molar-refractivity contribution is 7.15. The standard InChI is InChI=1S/C15H18N2O2S/c1-19-12-4-2-11(3-5-12)14-7-6-13(20-14)10-17-15(18)8-9-16/h2-7H,8-10,16H2,1H3,(H,17,18). The molecule has 0 spiro atoms. The predicted octanol–water partition coefficient (Wildman–Crippen LogP) is 2.39. The minimum atomic E-state index is -0.00750. The molecular formula is C15H18N2O2S. The lowest BCUT2D eigenvalue weighted by molar-refractivity contribution is -0.121. The van der Waals surface area contributed by atoms with Gasteiger partial charge in [0.25, 0.3) is 0 Å². The van der Waals surface area contributed by atoms with Gasteiger partial charge in [-0.3, -0.25) is 4.79 Å². The lowest BCUT2D eigenvalue weighted by Crippen LogP contribution is -2.24. The summed E-state index contributed by atoms with van der Waals surface area (Å²) in [4.78, 5) is 13.7. The molecule has 0 aliphatic carbocycles. The quantitative estimate of drug-likeness (QED) is 0.858. The fourth-order valence-electron chi connectivity index (χ4n) is 1.79. The summed E-state index contributed by atoms with van der Waals surface area (Å²) in [5, 5.41) is 2.85. The maximum Gasteiger partial charge on any atom is 0.221 e. The minimum Gasteiger partial charge on any atom is -0.497 e. The molecule has 0 saturated heterocycles. The van der Waals surface area contributed by atoms with Crippen molar-refractivity contribution < 1.29 is 9.53 Å². The van der Waals surface area contributed by atoms with E-state index in [-0.39, 0.29) is 5.91 Å². The fourth-order valence-corrected chi connectivity index (χ4v) is 2.74. The molecule has 106 valence electrons. The maximum absolute atomic E-state index is 11.4. The Morgan fingerprint density at radius 1 is 1.25 bits per heavy atom. The highest BCUT2D eigenvalue weighted by Crippen LogP contribution is 2.29. The molecule has 5 heteroatoms. The monoisotopic (exact) mass is 290 g/mol. The van der Waals surface area contributed by atoms with Crippen molar-refractivity contribution in [3.8, 4) is 16.2 Å². The molecule has 1 heterocycles. The SMILES string of the molecule is COc1ccc(-c2ccc(CNC(=O)CCN)s2)cc1. The van der Waals surface area contributed by atoms with Crippen molar-refractivity contribution in [2.75, 3.05) is 13.7 Å². The second kappa shape index (κ2) is 7.07. The summed E-state index contributed by atoms with van der Waals surface area (Å²) >= 11 is 1.67. The molecule has 1 aromatic heterocycles. The van der Waals surface area contributed by atoms with Crippen molar-refractivity contribution >= 4 is 17.2 Å². The molecule has 0 fully saturated rings. The average Bonchev–Trinajstić information content (AvgIpc) is 2.94. The second-order valence-electron chi connectivity index (χ2n) is 4.31. The lowest BCUT2D eigenvalue weighted by atomic mass is 10.2. The first kappa shape index (κ1) is 14.6. The van der Waals surface area contributed by atoms with Crippen LogP contribution < -0.4 is 15.8 Å². The Kier molecular flexibility index (Phi) is 5.15. The molecular weight excluding hydrogens is 272 g/mol. The molecule has 0 unspecified atom stereocenters. The Balaban J connectivity index is 1.99. The van der Waals surface area contributed by atoms with Crippen molar-refractivity contribution in [2.45, 2.75) is 13.0 Å². The molecule has 0 aliphatic rings. The Morgan fingerprint density at radius 3 is 2.65 bits per heavy atom. The Hall–Kier alpha value is -1.85. The van der Waals surface area contributed by atoms with E-state index in [2.05, 4.69) is 11.4 Å². The van der Waals surface area contributed by atoms with E-state index in [4.69, 9.17) is 10.5 Å². The number of carbonyl (C=O) groups is 1. The highest BCUT2D eigenvalue weighted by Gasteiger charge is 2.05. The van der Waals surface area contributed by atoms with Gasteiger partial charge in [-0.1, -0.05) is 0 Å². The van der Waals surface area contributed by atoms with Gasteiger partial charge >= 0.3 is 0 Å². The number of hydrogen-bond acceptors (Lipinski definition) is 4. The van der Waals surface area contributed by atoms with E-state index >= 15 is 0 Å². The van der Waals surface area contributed by atoms with Gasteiger partial charge < -0.3 is 15.8 Å². The van der Waals surface area contributed by atoms with E-state index < -0.39 is 0 Å². The van der Waals surface area contributed by atoms with Crippen molar-refractivity contribution in [3.05, 3.63) is 41.3 Å². The van der Waals surface area contributed by atoms with Crippen LogP contribution in [0.25, 0.3) is 10.4 Å². The van der Waals surface area contributed by atoms with E-state index in [1.807, 2.05) is 30.3 Å². The number of nitrogens with two attached hydrogens (primary N) is 1. The van der Waals surface area contributed by atoms with Crippen molar-refractivity contribution in [3.63, 3.8) is 0 Å². The molecule has 20 heavy (non-hydrogen) atoms.